The molecule has 0 amide bonds. The van der Waals surface area contributed by atoms with Gasteiger partial charge >= 0.3 is 0 Å². The number of para-hydroxylation sites is 1. The van der Waals surface area contributed by atoms with Gasteiger partial charge in [-0.05, 0) is 30.5 Å². The topological polar surface area (TPSA) is 57.6 Å². The molecule has 2 N–H and O–H groups in total. The number of aliphatic hydroxyl groups is 1. The van der Waals surface area contributed by atoms with Gasteiger partial charge in [0.1, 0.15) is 5.82 Å². The molecule has 1 aliphatic heterocycles. The molecule has 1 atom stereocenters. The van der Waals surface area contributed by atoms with Crippen LogP contribution in [0.15, 0.2) is 60.7 Å². The fourth-order valence-corrected chi connectivity index (χ4v) is 4.47. The van der Waals surface area contributed by atoms with E-state index in [1.54, 1.807) is 0 Å². The van der Waals surface area contributed by atoms with Gasteiger partial charge in [-0.25, -0.2) is 4.98 Å². The van der Waals surface area contributed by atoms with Crippen LogP contribution in [0.1, 0.15) is 30.1 Å². The quantitative estimate of drug-likeness (QED) is 0.630. The maximum absolute atomic E-state index is 10.9. The number of benzene rings is 2. The highest BCUT2D eigenvalue weighted by Gasteiger charge is 2.48. The van der Waals surface area contributed by atoms with E-state index in [1.165, 1.54) is 5.56 Å². The summed E-state index contributed by atoms with van der Waals surface area (Å²) < 4.78 is 5.54. The number of aromatic nitrogens is 1. The number of anilines is 1. The second-order valence-corrected chi connectivity index (χ2v) is 8.54. The molecule has 1 saturated carbocycles. The molecular weight excluding hydrogens is 374 g/mol. The van der Waals surface area contributed by atoms with Crippen LogP contribution < -0.4 is 10.2 Å². The summed E-state index contributed by atoms with van der Waals surface area (Å²) >= 11 is 0. The van der Waals surface area contributed by atoms with Crippen LogP contribution in [-0.4, -0.2) is 42.9 Å². The molecule has 156 valence electrons. The first kappa shape index (κ1) is 19.5. The molecule has 2 aromatic carbocycles. The first-order chi connectivity index (χ1) is 14.8. The summed E-state index contributed by atoms with van der Waals surface area (Å²) in [6.45, 7) is 4.78. The molecule has 0 spiro atoms. The van der Waals surface area contributed by atoms with Gasteiger partial charge in [0.2, 0.25) is 0 Å². The predicted molar refractivity (Wildman–Crippen MR) is 120 cm³/mol. The molecule has 1 aromatic heterocycles. The number of hydrogen-bond acceptors (Lipinski definition) is 5. The number of pyridine rings is 1. The number of hydrogen-bond donors (Lipinski definition) is 2. The van der Waals surface area contributed by atoms with E-state index in [1.807, 2.05) is 36.4 Å². The van der Waals surface area contributed by atoms with Gasteiger partial charge in [-0.3, -0.25) is 0 Å². The fraction of sp³-hybridized carbons (Fsp3) is 0.400. The molecule has 1 saturated heterocycles. The maximum atomic E-state index is 10.9. The fourth-order valence-electron chi connectivity index (χ4n) is 4.47. The Morgan fingerprint density at radius 3 is 2.53 bits per heavy atom. The minimum atomic E-state index is -0.417. The Balaban J connectivity index is 1.33. The molecule has 30 heavy (non-hydrogen) atoms. The smallest absolute Gasteiger partial charge is 0.133 e. The summed E-state index contributed by atoms with van der Waals surface area (Å²) in [5.41, 5.74) is 3.20. The minimum absolute atomic E-state index is 0.0508. The molecule has 2 fully saturated rings. The van der Waals surface area contributed by atoms with Crippen LogP contribution in [0.25, 0.3) is 10.9 Å². The van der Waals surface area contributed by atoms with Crippen LogP contribution in [0.2, 0.25) is 0 Å². The number of rotatable bonds is 7. The van der Waals surface area contributed by atoms with Crippen molar-refractivity contribution in [3.8, 4) is 0 Å². The van der Waals surface area contributed by atoms with E-state index in [2.05, 4.69) is 34.5 Å². The van der Waals surface area contributed by atoms with Crippen LogP contribution in [-0.2, 0) is 11.3 Å². The van der Waals surface area contributed by atoms with Gasteiger partial charge in [-0.15, -0.1) is 0 Å². The zero-order valence-corrected chi connectivity index (χ0v) is 17.3. The van der Waals surface area contributed by atoms with Crippen molar-refractivity contribution in [2.24, 2.45) is 5.41 Å². The lowest BCUT2D eigenvalue weighted by Gasteiger charge is -2.30. The highest BCUT2D eigenvalue weighted by molar-refractivity contribution is 5.81. The van der Waals surface area contributed by atoms with Gasteiger partial charge in [0.05, 0.1) is 24.8 Å². The highest BCUT2D eigenvalue weighted by Crippen LogP contribution is 2.54. The molecule has 1 aliphatic carbocycles. The number of aliphatic hydroxyl groups excluding tert-OH is 1. The predicted octanol–water partition coefficient (Wildman–Crippen LogP) is 3.67. The summed E-state index contributed by atoms with van der Waals surface area (Å²) in [6.07, 6.45) is 1.70. The zero-order chi connectivity index (χ0) is 20.4. The lowest BCUT2D eigenvalue weighted by atomic mass is 9.92. The first-order valence-corrected chi connectivity index (χ1v) is 10.9. The van der Waals surface area contributed by atoms with Crippen LogP contribution in [0.4, 0.5) is 5.82 Å². The third-order valence-electron chi connectivity index (χ3n) is 6.47. The Labute approximate surface area is 177 Å². The summed E-state index contributed by atoms with van der Waals surface area (Å²) in [7, 11) is 0. The maximum Gasteiger partial charge on any atom is 0.133 e. The molecule has 1 unspecified atom stereocenters. The monoisotopic (exact) mass is 403 g/mol. The van der Waals surface area contributed by atoms with Gasteiger partial charge < -0.3 is 20.1 Å². The summed E-state index contributed by atoms with van der Waals surface area (Å²) in [5.74, 6) is 1.05. The zero-order valence-electron chi connectivity index (χ0n) is 17.3. The summed E-state index contributed by atoms with van der Waals surface area (Å²) in [5, 5.41) is 15.7. The number of nitrogens with zero attached hydrogens (tertiary/aromatic N) is 2. The van der Waals surface area contributed by atoms with Crippen molar-refractivity contribution >= 4 is 16.7 Å². The van der Waals surface area contributed by atoms with Gasteiger partial charge in [0, 0.05) is 42.5 Å². The molecule has 5 nitrogen and oxygen atoms in total. The molecule has 5 heteroatoms. The molecular formula is C25H29N3O2. The van der Waals surface area contributed by atoms with Crippen molar-refractivity contribution in [2.45, 2.75) is 25.5 Å². The average molecular weight is 404 g/mol. The second-order valence-electron chi connectivity index (χ2n) is 8.54. The van der Waals surface area contributed by atoms with E-state index >= 15 is 0 Å². The van der Waals surface area contributed by atoms with Crippen molar-refractivity contribution in [2.75, 3.05) is 37.7 Å². The van der Waals surface area contributed by atoms with Crippen molar-refractivity contribution in [3.05, 3.63) is 71.8 Å². The Morgan fingerprint density at radius 1 is 1.03 bits per heavy atom. The Kier molecular flexibility index (Phi) is 5.42. The Morgan fingerprint density at radius 2 is 1.77 bits per heavy atom. The van der Waals surface area contributed by atoms with Crippen LogP contribution in [0.5, 0.6) is 0 Å². The van der Waals surface area contributed by atoms with E-state index < -0.39 is 6.10 Å². The van der Waals surface area contributed by atoms with Gasteiger partial charge in [-0.2, -0.15) is 0 Å². The molecule has 3 aromatic rings. The molecule has 0 bridgehead atoms. The molecule has 2 aliphatic rings. The van der Waals surface area contributed by atoms with E-state index in [0.29, 0.717) is 0 Å². The summed E-state index contributed by atoms with van der Waals surface area (Å²) in [4.78, 5) is 7.33. The lowest BCUT2D eigenvalue weighted by Crippen LogP contribution is -2.38. The molecule has 2 heterocycles. The number of morpholine rings is 1. The largest absolute Gasteiger partial charge is 0.388 e. The highest BCUT2D eigenvalue weighted by atomic mass is 16.5. The van der Waals surface area contributed by atoms with E-state index in [-0.39, 0.29) is 5.41 Å². The van der Waals surface area contributed by atoms with Crippen molar-refractivity contribution in [3.63, 3.8) is 0 Å². The third-order valence-corrected chi connectivity index (χ3v) is 6.47. The number of nitrogens with one attached hydrogen (secondary N) is 1. The lowest BCUT2D eigenvalue weighted by molar-refractivity contribution is 0.0917. The van der Waals surface area contributed by atoms with E-state index in [4.69, 9.17) is 9.72 Å². The SMILES string of the molecule is OC(c1ccccc1)C1(CNCc2cc3ccccc3nc2N2CCOCC2)CC1. The number of fused-ring (bicyclic) bond motifs is 1. The third kappa shape index (κ3) is 3.93. The average Bonchev–Trinajstić information content (AvgIpc) is 3.60. The second kappa shape index (κ2) is 8.34. The van der Waals surface area contributed by atoms with Crippen LogP contribution >= 0.6 is 0 Å². The first-order valence-electron chi connectivity index (χ1n) is 10.9. The Bertz CT molecular complexity index is 998. The van der Waals surface area contributed by atoms with Crippen molar-refractivity contribution in [1.29, 1.82) is 0 Å². The van der Waals surface area contributed by atoms with Crippen molar-refractivity contribution < 1.29 is 9.84 Å². The number of ether oxygens (including phenoxy) is 1. The molecule has 5 rings (SSSR count). The Hall–Kier alpha value is -2.47. The minimum Gasteiger partial charge on any atom is -0.388 e. The summed E-state index contributed by atoms with van der Waals surface area (Å²) in [6, 6.07) is 20.6. The van der Waals surface area contributed by atoms with Gasteiger partial charge in [-0.1, -0.05) is 48.5 Å². The van der Waals surface area contributed by atoms with Crippen molar-refractivity contribution in [1.82, 2.24) is 10.3 Å². The van der Waals surface area contributed by atoms with E-state index in [9.17, 15) is 5.11 Å². The van der Waals surface area contributed by atoms with Crippen LogP contribution in [0.3, 0.4) is 0 Å². The van der Waals surface area contributed by atoms with E-state index in [0.717, 1.165) is 74.5 Å². The molecule has 0 radical (unpaired) electrons. The van der Waals surface area contributed by atoms with Crippen LogP contribution in [0, 0.1) is 5.41 Å². The van der Waals surface area contributed by atoms with Gasteiger partial charge in [0.15, 0.2) is 0 Å². The normalized spacial score (nSPS) is 19.0. The standard InChI is InChI=1S/C25H29N3O2/c29-23(19-6-2-1-3-7-19)25(10-11-25)18-26-17-21-16-20-8-4-5-9-22(20)27-24(21)28-12-14-30-15-13-28/h1-9,16,23,26,29H,10-15,17-18H2. The van der Waals surface area contributed by atoms with Gasteiger partial charge in [0.25, 0.3) is 0 Å².